The number of hydrogen-bond acceptors (Lipinski definition) is 4. The fraction of sp³-hybridized carbons (Fsp3) is 0.400. The van der Waals surface area contributed by atoms with Gasteiger partial charge in [0, 0.05) is 25.4 Å². The van der Waals surface area contributed by atoms with Gasteiger partial charge in [0.15, 0.2) is 0 Å². The summed E-state index contributed by atoms with van der Waals surface area (Å²) < 4.78 is 18.5. The number of aryl methyl sites for hydroxylation is 1. The molecule has 5 nitrogen and oxygen atoms in total. The third kappa shape index (κ3) is 5.02. The third-order valence-electron chi connectivity index (χ3n) is 4.61. The second-order valence-electron chi connectivity index (χ2n) is 6.74. The molecule has 6 heteroatoms. The Hall–Kier alpha value is -2.47. The number of rotatable bonds is 7. The molecule has 26 heavy (non-hydrogen) atoms. The van der Waals surface area contributed by atoms with Crippen LogP contribution in [0.15, 0.2) is 48.8 Å². The number of halogens is 1. The maximum atomic E-state index is 12.9. The van der Waals surface area contributed by atoms with Gasteiger partial charge in [-0.2, -0.15) is 0 Å². The van der Waals surface area contributed by atoms with Gasteiger partial charge in [-0.15, -0.1) is 0 Å². The highest BCUT2D eigenvalue weighted by atomic mass is 19.1. The van der Waals surface area contributed by atoms with Crippen molar-refractivity contribution in [3.05, 3.63) is 60.2 Å². The van der Waals surface area contributed by atoms with Crippen molar-refractivity contribution >= 4 is 5.91 Å². The summed E-state index contributed by atoms with van der Waals surface area (Å²) >= 11 is 0. The number of ether oxygens (including phenoxy) is 1. The Labute approximate surface area is 152 Å². The monoisotopic (exact) mass is 358 g/mol. The molecular formula is C20H23FN2O3. The molecule has 1 fully saturated rings. The summed E-state index contributed by atoms with van der Waals surface area (Å²) in [4.78, 5) is 18.0. The minimum atomic E-state index is -1.06. The van der Waals surface area contributed by atoms with Crippen LogP contribution in [0.25, 0.3) is 0 Å². The van der Waals surface area contributed by atoms with Gasteiger partial charge in [0.25, 0.3) is 0 Å². The Morgan fingerprint density at radius 3 is 2.69 bits per heavy atom. The van der Waals surface area contributed by atoms with E-state index < -0.39 is 5.60 Å². The number of β-amino-alcohol motifs (C(OH)–C–C–N with tert-alkyl or cyclic N) is 1. The first-order valence-electron chi connectivity index (χ1n) is 8.82. The molecule has 1 aliphatic heterocycles. The SMILES string of the molecule is O=C(CCCc1ccncc1)N1CC[C@](O)(COc2ccc(F)cc2)C1. The molecule has 1 atom stereocenters. The largest absolute Gasteiger partial charge is 0.491 e. The van der Waals surface area contributed by atoms with Gasteiger partial charge in [-0.3, -0.25) is 9.78 Å². The lowest BCUT2D eigenvalue weighted by atomic mass is 10.1. The van der Waals surface area contributed by atoms with E-state index in [2.05, 4.69) is 4.98 Å². The van der Waals surface area contributed by atoms with E-state index in [4.69, 9.17) is 4.74 Å². The molecule has 3 rings (SSSR count). The minimum Gasteiger partial charge on any atom is -0.491 e. The van der Waals surface area contributed by atoms with E-state index in [1.807, 2.05) is 12.1 Å². The molecule has 1 amide bonds. The molecule has 0 bridgehead atoms. The maximum absolute atomic E-state index is 12.9. The van der Waals surface area contributed by atoms with Gasteiger partial charge in [0.1, 0.15) is 23.8 Å². The molecular weight excluding hydrogens is 335 g/mol. The average Bonchev–Trinajstić information content (AvgIpc) is 3.05. The molecule has 1 aromatic carbocycles. The van der Waals surface area contributed by atoms with Gasteiger partial charge in [0.2, 0.25) is 5.91 Å². The van der Waals surface area contributed by atoms with Crippen LogP contribution in [0.5, 0.6) is 5.75 Å². The Kier molecular flexibility index (Phi) is 5.83. The lowest BCUT2D eigenvalue weighted by Gasteiger charge is -2.23. The van der Waals surface area contributed by atoms with Crippen LogP contribution in [0.2, 0.25) is 0 Å². The van der Waals surface area contributed by atoms with Gasteiger partial charge in [0.05, 0.1) is 6.54 Å². The first-order chi connectivity index (χ1) is 12.5. The van der Waals surface area contributed by atoms with E-state index >= 15 is 0 Å². The quantitative estimate of drug-likeness (QED) is 0.826. The summed E-state index contributed by atoms with van der Waals surface area (Å²) in [7, 11) is 0. The van der Waals surface area contributed by atoms with Crippen LogP contribution in [0.1, 0.15) is 24.8 Å². The highest BCUT2D eigenvalue weighted by Crippen LogP contribution is 2.24. The van der Waals surface area contributed by atoms with Gasteiger partial charge in [-0.25, -0.2) is 4.39 Å². The van der Waals surface area contributed by atoms with Crippen LogP contribution in [0, 0.1) is 5.82 Å². The Bertz CT molecular complexity index is 724. The molecule has 2 aromatic rings. The van der Waals surface area contributed by atoms with Crippen LogP contribution in [0.3, 0.4) is 0 Å². The second-order valence-corrected chi connectivity index (χ2v) is 6.74. The zero-order valence-electron chi connectivity index (χ0n) is 14.6. The van der Waals surface area contributed by atoms with Crippen molar-refractivity contribution < 1.29 is 19.0 Å². The summed E-state index contributed by atoms with van der Waals surface area (Å²) in [5, 5.41) is 10.6. The molecule has 1 aromatic heterocycles. The van der Waals surface area contributed by atoms with Crippen LogP contribution in [-0.2, 0) is 11.2 Å². The summed E-state index contributed by atoms with van der Waals surface area (Å²) in [5.41, 5.74) is 0.105. The summed E-state index contributed by atoms with van der Waals surface area (Å²) in [6.07, 6.45) is 6.03. The number of aromatic nitrogens is 1. The van der Waals surface area contributed by atoms with E-state index in [0.29, 0.717) is 25.1 Å². The van der Waals surface area contributed by atoms with Crippen LogP contribution in [0.4, 0.5) is 4.39 Å². The van der Waals surface area contributed by atoms with E-state index in [-0.39, 0.29) is 24.9 Å². The lowest BCUT2D eigenvalue weighted by molar-refractivity contribution is -0.131. The predicted molar refractivity (Wildman–Crippen MR) is 95.2 cm³/mol. The van der Waals surface area contributed by atoms with Crippen molar-refractivity contribution in [2.75, 3.05) is 19.7 Å². The molecule has 1 N–H and O–H groups in total. The van der Waals surface area contributed by atoms with Gasteiger partial charge >= 0.3 is 0 Å². The average molecular weight is 358 g/mol. The summed E-state index contributed by atoms with van der Waals surface area (Å²) in [5.74, 6) is 0.221. The van der Waals surface area contributed by atoms with Gasteiger partial charge in [-0.05, 0) is 61.2 Å². The topological polar surface area (TPSA) is 62.7 Å². The Morgan fingerprint density at radius 1 is 1.23 bits per heavy atom. The molecule has 0 radical (unpaired) electrons. The molecule has 0 spiro atoms. The van der Waals surface area contributed by atoms with Crippen LogP contribution < -0.4 is 4.74 Å². The Morgan fingerprint density at radius 2 is 1.96 bits per heavy atom. The van der Waals surface area contributed by atoms with Crippen molar-refractivity contribution in [1.82, 2.24) is 9.88 Å². The zero-order chi connectivity index (χ0) is 18.4. The number of amides is 1. The molecule has 2 heterocycles. The first kappa shape index (κ1) is 18.3. The number of benzene rings is 1. The standard InChI is InChI=1S/C20H23FN2O3/c21-17-4-6-18(7-5-17)26-15-20(25)10-13-23(14-20)19(24)3-1-2-16-8-11-22-12-9-16/h4-9,11-12,25H,1-3,10,13-15H2/t20-/m1/s1. The highest BCUT2D eigenvalue weighted by molar-refractivity contribution is 5.76. The molecule has 0 saturated carbocycles. The maximum Gasteiger partial charge on any atom is 0.222 e. The molecule has 1 saturated heterocycles. The zero-order valence-corrected chi connectivity index (χ0v) is 14.6. The highest BCUT2D eigenvalue weighted by Gasteiger charge is 2.38. The van der Waals surface area contributed by atoms with E-state index in [1.54, 1.807) is 17.3 Å². The fourth-order valence-corrected chi connectivity index (χ4v) is 3.09. The van der Waals surface area contributed by atoms with Crippen molar-refractivity contribution in [3.8, 4) is 5.75 Å². The van der Waals surface area contributed by atoms with Crippen molar-refractivity contribution in [2.45, 2.75) is 31.3 Å². The number of hydrogen-bond donors (Lipinski definition) is 1. The Balaban J connectivity index is 1.43. The van der Waals surface area contributed by atoms with E-state index in [1.165, 1.54) is 29.8 Å². The first-order valence-corrected chi connectivity index (χ1v) is 8.82. The van der Waals surface area contributed by atoms with Gasteiger partial charge in [-0.1, -0.05) is 0 Å². The smallest absolute Gasteiger partial charge is 0.222 e. The number of nitrogens with zero attached hydrogens (tertiary/aromatic N) is 2. The number of pyridine rings is 1. The molecule has 138 valence electrons. The number of carbonyl (C=O) groups excluding carboxylic acids is 1. The lowest BCUT2D eigenvalue weighted by Crippen LogP contribution is -2.40. The van der Waals surface area contributed by atoms with E-state index in [0.717, 1.165) is 12.8 Å². The summed E-state index contributed by atoms with van der Waals surface area (Å²) in [6, 6.07) is 9.57. The van der Waals surface area contributed by atoms with Crippen LogP contribution in [-0.4, -0.2) is 46.2 Å². The fourth-order valence-electron chi connectivity index (χ4n) is 3.09. The van der Waals surface area contributed by atoms with Gasteiger partial charge < -0.3 is 14.7 Å². The molecule has 0 aliphatic carbocycles. The third-order valence-corrected chi connectivity index (χ3v) is 4.61. The van der Waals surface area contributed by atoms with Crippen molar-refractivity contribution in [2.24, 2.45) is 0 Å². The molecule has 0 unspecified atom stereocenters. The predicted octanol–water partition coefficient (Wildman–Crippen LogP) is 2.59. The van der Waals surface area contributed by atoms with E-state index in [9.17, 15) is 14.3 Å². The van der Waals surface area contributed by atoms with Crippen LogP contribution >= 0.6 is 0 Å². The normalized spacial score (nSPS) is 19.5. The summed E-state index contributed by atoms with van der Waals surface area (Å²) in [6.45, 7) is 0.874. The molecule has 1 aliphatic rings. The minimum absolute atomic E-state index is 0.0526. The van der Waals surface area contributed by atoms with Crippen molar-refractivity contribution in [1.29, 1.82) is 0 Å². The number of carbonyl (C=O) groups is 1. The number of likely N-dealkylation sites (tertiary alicyclic amines) is 1. The second kappa shape index (κ2) is 8.27. The number of aliphatic hydroxyl groups is 1. The van der Waals surface area contributed by atoms with Crippen molar-refractivity contribution in [3.63, 3.8) is 0 Å².